The molecule has 0 unspecified atom stereocenters. The summed E-state index contributed by atoms with van der Waals surface area (Å²) in [6.07, 6.45) is 11.4. The van der Waals surface area contributed by atoms with E-state index < -0.39 is 48.9 Å². The first-order valence-electron chi connectivity index (χ1n) is 12.4. The zero-order valence-corrected chi connectivity index (χ0v) is 21.6. The van der Waals surface area contributed by atoms with Gasteiger partial charge in [-0.05, 0) is 49.5 Å². The number of aliphatic hydroxyl groups excluding tert-OH is 1. The van der Waals surface area contributed by atoms with Gasteiger partial charge in [0.15, 0.2) is 0 Å². The quantitative estimate of drug-likeness (QED) is 0.0603. The molecule has 0 radical (unpaired) electrons. The highest BCUT2D eigenvalue weighted by Gasteiger charge is 2.22. The number of aldehydes is 1. The summed E-state index contributed by atoms with van der Waals surface area (Å²) in [5, 5.41) is 19.4. The van der Waals surface area contributed by atoms with Gasteiger partial charge in [-0.15, -0.1) is 12.3 Å². The zero-order valence-electron chi connectivity index (χ0n) is 21.6. The van der Waals surface area contributed by atoms with E-state index in [0.29, 0.717) is 50.5 Å². The number of hydrogen-bond donors (Lipinski definition) is 6. The Balaban J connectivity index is 2.45. The number of carbonyl (C=O) groups is 6. The number of benzene rings is 1. The van der Waals surface area contributed by atoms with Crippen molar-refractivity contribution in [1.82, 2.24) is 21.3 Å². The fourth-order valence-electron chi connectivity index (χ4n) is 3.29. The summed E-state index contributed by atoms with van der Waals surface area (Å²) in [7, 11) is 0. The smallest absolute Gasteiger partial charge is 0.251 e. The molecule has 5 amide bonds. The Kier molecular flexibility index (Phi) is 15.6. The van der Waals surface area contributed by atoms with Crippen molar-refractivity contribution in [1.29, 1.82) is 0 Å². The molecule has 0 bridgehead atoms. The van der Waals surface area contributed by atoms with Crippen LogP contribution < -0.4 is 27.0 Å². The maximum absolute atomic E-state index is 12.4. The standard InChI is InChI=1S/C27H35N5O7/c1-2-3-4-10-23(35)29-15-6-5-9-21(25(28)37)31-24(36)17-30-27(39)22(18-34)32-26(38)20-13-11-19(12-14-20)8-7-16-33/h1,7-8,11-14,16,21-22,34H,3-6,9-10,15,17-18H2,(H2,28,37)(H,29,35)(H,30,39)(H,31,36)(H,32,38)/b8-7+/t21-,22-/m0/s1. The van der Waals surface area contributed by atoms with Crippen LogP contribution in [0.25, 0.3) is 6.08 Å². The largest absolute Gasteiger partial charge is 0.394 e. The lowest BCUT2D eigenvalue weighted by Crippen LogP contribution is -2.52. The number of nitrogens with two attached hydrogens (primary N) is 1. The van der Waals surface area contributed by atoms with Gasteiger partial charge in [0.25, 0.3) is 5.91 Å². The van der Waals surface area contributed by atoms with Gasteiger partial charge in [-0.3, -0.25) is 28.8 Å². The molecule has 1 aromatic rings. The monoisotopic (exact) mass is 541 g/mol. The molecule has 0 fully saturated rings. The molecule has 0 saturated carbocycles. The highest BCUT2D eigenvalue weighted by Crippen LogP contribution is 2.06. The Labute approximate surface area is 227 Å². The maximum atomic E-state index is 12.4. The van der Waals surface area contributed by atoms with Gasteiger partial charge in [0.2, 0.25) is 23.6 Å². The summed E-state index contributed by atoms with van der Waals surface area (Å²) in [6, 6.07) is 3.87. The van der Waals surface area contributed by atoms with Gasteiger partial charge in [0.1, 0.15) is 18.4 Å². The van der Waals surface area contributed by atoms with Gasteiger partial charge >= 0.3 is 0 Å². The van der Waals surface area contributed by atoms with Gasteiger partial charge in [-0.1, -0.05) is 18.2 Å². The maximum Gasteiger partial charge on any atom is 0.251 e. The first-order valence-corrected chi connectivity index (χ1v) is 12.4. The lowest BCUT2D eigenvalue weighted by molar-refractivity contribution is -0.129. The second-order valence-corrected chi connectivity index (χ2v) is 8.47. The molecule has 0 aliphatic heterocycles. The molecule has 0 spiro atoms. The van der Waals surface area contributed by atoms with Crippen LogP contribution in [0.15, 0.2) is 30.3 Å². The first kappa shape index (κ1) is 32.5. The van der Waals surface area contributed by atoms with Gasteiger partial charge < -0.3 is 32.1 Å². The number of nitrogens with one attached hydrogen (secondary N) is 4. The Hall–Kier alpha value is -4.50. The van der Waals surface area contributed by atoms with Crippen LogP contribution in [0, 0.1) is 12.3 Å². The lowest BCUT2D eigenvalue weighted by atomic mass is 10.1. The minimum absolute atomic E-state index is 0.112. The highest BCUT2D eigenvalue weighted by molar-refractivity contribution is 5.98. The average molecular weight is 542 g/mol. The van der Waals surface area contributed by atoms with Crippen LogP contribution in [0.4, 0.5) is 0 Å². The normalized spacial score (nSPS) is 12.0. The van der Waals surface area contributed by atoms with Crippen molar-refractivity contribution in [2.45, 2.75) is 50.6 Å². The van der Waals surface area contributed by atoms with Crippen LogP contribution in [0.2, 0.25) is 0 Å². The van der Waals surface area contributed by atoms with Crippen molar-refractivity contribution in [3.05, 3.63) is 41.5 Å². The molecule has 1 rings (SSSR count). The molecule has 7 N–H and O–H groups in total. The lowest BCUT2D eigenvalue weighted by Gasteiger charge is -2.18. The van der Waals surface area contributed by atoms with Gasteiger partial charge in [0.05, 0.1) is 13.2 Å². The van der Waals surface area contributed by atoms with E-state index in [1.54, 1.807) is 18.2 Å². The summed E-state index contributed by atoms with van der Waals surface area (Å²) in [5.41, 5.74) is 6.27. The zero-order chi connectivity index (χ0) is 29.0. The van der Waals surface area contributed by atoms with E-state index >= 15 is 0 Å². The molecule has 12 nitrogen and oxygen atoms in total. The molecular weight excluding hydrogens is 506 g/mol. The van der Waals surface area contributed by atoms with E-state index in [9.17, 15) is 33.9 Å². The average Bonchev–Trinajstić information content (AvgIpc) is 2.92. The topological polar surface area (TPSA) is 197 Å². The van der Waals surface area contributed by atoms with Crippen molar-refractivity contribution in [2.24, 2.45) is 5.73 Å². The number of carbonyl (C=O) groups excluding carboxylic acids is 6. The Morgan fingerprint density at radius 2 is 1.69 bits per heavy atom. The molecule has 0 heterocycles. The molecule has 0 aromatic heterocycles. The molecule has 0 aliphatic carbocycles. The van der Waals surface area contributed by atoms with Crippen LogP contribution in [-0.2, 0) is 24.0 Å². The van der Waals surface area contributed by atoms with Crippen LogP contribution in [0.1, 0.15) is 54.4 Å². The molecule has 2 atom stereocenters. The summed E-state index contributed by atoms with van der Waals surface area (Å²) in [4.78, 5) is 70.8. The number of hydrogen-bond acceptors (Lipinski definition) is 7. The fraction of sp³-hybridized carbons (Fsp3) is 0.407. The third-order valence-electron chi connectivity index (χ3n) is 5.41. The SMILES string of the molecule is C#CCCCC(=O)NCCCC[C@H](NC(=O)CNC(=O)[C@H](CO)NC(=O)c1ccc(/C=C/C=O)cc1)C(N)=O. The predicted octanol–water partition coefficient (Wildman–Crippen LogP) is -0.834. The Bertz CT molecular complexity index is 1060. The van der Waals surface area contributed by atoms with E-state index in [0.717, 1.165) is 0 Å². The Morgan fingerprint density at radius 1 is 0.974 bits per heavy atom. The minimum atomic E-state index is -1.33. The molecule has 1 aromatic carbocycles. The molecule has 0 saturated heterocycles. The van der Waals surface area contributed by atoms with Crippen molar-refractivity contribution >= 4 is 41.9 Å². The van der Waals surface area contributed by atoms with Crippen LogP contribution in [0.5, 0.6) is 0 Å². The van der Waals surface area contributed by atoms with Crippen molar-refractivity contribution in [3.63, 3.8) is 0 Å². The second kappa shape index (κ2) is 18.7. The summed E-state index contributed by atoms with van der Waals surface area (Å²) in [6.45, 7) is -0.829. The number of allylic oxidation sites excluding steroid dienone is 1. The van der Waals surface area contributed by atoms with Gasteiger partial charge in [0, 0.05) is 24.9 Å². The van der Waals surface area contributed by atoms with Gasteiger partial charge in [-0.2, -0.15) is 0 Å². The highest BCUT2D eigenvalue weighted by atomic mass is 16.3. The molecular formula is C27H35N5O7. The van der Waals surface area contributed by atoms with Crippen molar-refractivity contribution < 1.29 is 33.9 Å². The van der Waals surface area contributed by atoms with Gasteiger partial charge in [-0.25, -0.2) is 0 Å². The van der Waals surface area contributed by atoms with Crippen molar-refractivity contribution in [3.8, 4) is 12.3 Å². The van der Waals surface area contributed by atoms with E-state index in [2.05, 4.69) is 27.2 Å². The van der Waals surface area contributed by atoms with Crippen LogP contribution >= 0.6 is 0 Å². The van der Waals surface area contributed by atoms with E-state index in [-0.39, 0.29) is 17.9 Å². The molecule has 0 aliphatic rings. The number of amides is 5. The van der Waals surface area contributed by atoms with Crippen molar-refractivity contribution in [2.75, 3.05) is 19.7 Å². The Morgan fingerprint density at radius 3 is 2.31 bits per heavy atom. The molecule has 210 valence electrons. The van der Waals surface area contributed by atoms with E-state index in [1.807, 2.05) is 0 Å². The number of aliphatic hydroxyl groups is 1. The summed E-state index contributed by atoms with van der Waals surface area (Å²) < 4.78 is 0. The second-order valence-electron chi connectivity index (χ2n) is 8.47. The third-order valence-corrected chi connectivity index (χ3v) is 5.41. The number of rotatable bonds is 18. The van der Waals surface area contributed by atoms with E-state index in [1.165, 1.54) is 18.2 Å². The van der Waals surface area contributed by atoms with Crippen LogP contribution in [0.3, 0.4) is 0 Å². The molecule has 12 heteroatoms. The number of terminal acetylenes is 1. The summed E-state index contributed by atoms with van der Waals surface area (Å²) in [5.74, 6) is -0.515. The molecule has 39 heavy (non-hydrogen) atoms. The predicted molar refractivity (Wildman–Crippen MR) is 144 cm³/mol. The summed E-state index contributed by atoms with van der Waals surface area (Å²) >= 11 is 0. The van der Waals surface area contributed by atoms with Crippen LogP contribution in [-0.4, -0.2) is 72.7 Å². The third kappa shape index (κ3) is 13.6. The first-order chi connectivity index (χ1) is 18.7. The minimum Gasteiger partial charge on any atom is -0.394 e. The fourth-order valence-corrected chi connectivity index (χ4v) is 3.29. The number of primary amides is 1. The van der Waals surface area contributed by atoms with E-state index in [4.69, 9.17) is 12.2 Å². The number of unbranched alkanes of at least 4 members (excludes halogenated alkanes) is 2.